The number of alkyl halides is 6. The van der Waals surface area contributed by atoms with E-state index in [-0.39, 0.29) is 11.9 Å². The summed E-state index contributed by atoms with van der Waals surface area (Å²) < 4.78 is 63.1. The molecule has 5 N–H and O–H groups in total. The van der Waals surface area contributed by atoms with Crippen molar-refractivity contribution in [2.24, 2.45) is 5.92 Å². The lowest BCUT2D eigenvalue weighted by Crippen LogP contribution is -2.67. The van der Waals surface area contributed by atoms with E-state index >= 15 is 0 Å². The molecule has 172 valence electrons. The molecule has 0 spiro atoms. The number of carbonyl (C=O) groups excluding carboxylic acids is 3. The summed E-state index contributed by atoms with van der Waals surface area (Å²) in [4.78, 5) is 32.2. The summed E-state index contributed by atoms with van der Waals surface area (Å²) in [5.41, 5.74) is 4.93. The maximum absolute atomic E-state index is 11.7. The normalized spacial score (nSPS) is 11.9. The molecule has 1 heterocycles. The molecule has 1 aromatic rings. The Hall–Kier alpha value is -2.90. The molecule has 0 fully saturated rings. The Morgan fingerprint density at radius 3 is 1.80 bits per heavy atom. The molecule has 0 saturated heterocycles. The molecule has 0 aliphatic heterocycles. The van der Waals surface area contributed by atoms with Gasteiger partial charge in [-0.15, -0.1) is 0 Å². The average molecular weight is 449 g/mol. The molecule has 0 bridgehead atoms. The number of quaternary nitrogens is 1. The quantitative estimate of drug-likeness (QED) is 0.518. The predicted molar refractivity (Wildman–Crippen MR) is 83.1 cm³/mol. The monoisotopic (exact) mass is 449 g/mol. The lowest BCUT2D eigenvalue weighted by atomic mass is 10.0. The Kier molecular flexibility index (Phi) is 13.0. The van der Waals surface area contributed by atoms with E-state index in [9.17, 15) is 31.1 Å². The van der Waals surface area contributed by atoms with Crippen molar-refractivity contribution >= 4 is 17.8 Å². The molecule has 1 atom stereocenters. The van der Waals surface area contributed by atoms with Crippen LogP contribution in [-0.4, -0.2) is 36.2 Å². The fraction of sp³-hybridized carbons (Fsp3) is 0.500. The molecule has 30 heavy (non-hydrogen) atoms. The number of H-pyrrole nitrogens is 1. The number of rotatable bonds is 5. The Morgan fingerprint density at radius 1 is 1.07 bits per heavy atom. The third-order valence-corrected chi connectivity index (χ3v) is 2.83. The van der Waals surface area contributed by atoms with Gasteiger partial charge in [-0.3, -0.25) is 4.79 Å². The van der Waals surface area contributed by atoms with E-state index in [1.165, 1.54) is 0 Å². The van der Waals surface area contributed by atoms with Crippen molar-refractivity contribution in [2.45, 2.75) is 45.2 Å². The highest BCUT2D eigenvalue weighted by Gasteiger charge is 2.29. The SMILES string of the molecule is CC(C)C[C@H]([NH3+])C(=O)NCc1ccc[nH+]c1.O=C([O-])C(F)(F)F.O=C([O-])C(F)(F)F. The minimum Gasteiger partial charge on any atom is -0.542 e. The highest BCUT2D eigenvalue weighted by Crippen LogP contribution is 2.12. The zero-order valence-electron chi connectivity index (χ0n) is 15.9. The summed E-state index contributed by atoms with van der Waals surface area (Å²) in [7, 11) is 0. The van der Waals surface area contributed by atoms with E-state index in [4.69, 9.17) is 19.8 Å². The van der Waals surface area contributed by atoms with E-state index in [2.05, 4.69) is 29.9 Å². The number of halogens is 6. The summed E-state index contributed by atoms with van der Waals surface area (Å²) in [6.07, 6.45) is -5.85. The number of carboxylic acid groups (broad SMARTS) is 2. The van der Waals surface area contributed by atoms with Crippen molar-refractivity contribution in [3.8, 4) is 0 Å². The number of amides is 1. The number of carboxylic acids is 2. The number of aromatic nitrogens is 1. The van der Waals surface area contributed by atoms with Gasteiger partial charge in [0.1, 0.15) is 11.9 Å². The molecule has 0 unspecified atom stereocenters. The molecule has 0 radical (unpaired) electrons. The molecule has 0 aromatic carbocycles. The second-order valence-corrected chi connectivity index (χ2v) is 6.03. The third kappa shape index (κ3) is 16.1. The maximum Gasteiger partial charge on any atom is 0.430 e. The minimum atomic E-state index is -5.19. The highest BCUT2D eigenvalue weighted by molar-refractivity contribution is 5.80. The van der Waals surface area contributed by atoms with E-state index in [1.807, 2.05) is 24.5 Å². The number of nitrogens with one attached hydrogen (secondary N) is 2. The zero-order chi connectivity index (χ0) is 24.1. The van der Waals surface area contributed by atoms with Crippen molar-refractivity contribution in [3.05, 3.63) is 30.1 Å². The van der Waals surface area contributed by atoms with Gasteiger partial charge >= 0.3 is 12.4 Å². The first-order valence-corrected chi connectivity index (χ1v) is 8.10. The standard InChI is InChI=1S/C12H19N3O.2C2HF3O2/c1-9(2)6-11(13)12(16)15-8-10-4-3-5-14-7-10;2*3-2(4,5)1(6)7/h3-5,7,9,11H,6,8,13H2,1-2H3,(H,15,16);2*(H,6,7)/t11-;;/m0../s1. The van der Waals surface area contributed by atoms with Crippen LogP contribution < -0.4 is 26.2 Å². The van der Waals surface area contributed by atoms with Gasteiger partial charge in [0.15, 0.2) is 18.4 Å². The topological polar surface area (TPSA) is 151 Å². The molecule has 14 heteroatoms. The first kappa shape index (κ1) is 29.3. The second-order valence-electron chi connectivity index (χ2n) is 6.03. The first-order chi connectivity index (χ1) is 13.5. The predicted octanol–water partition coefficient (Wildman–Crippen LogP) is -1.63. The molecular formula is C16H21F6N3O5. The van der Waals surface area contributed by atoms with E-state index in [1.54, 1.807) is 0 Å². The zero-order valence-corrected chi connectivity index (χ0v) is 15.9. The van der Waals surface area contributed by atoms with Crippen LogP contribution in [0.15, 0.2) is 24.5 Å². The van der Waals surface area contributed by atoms with Crippen LogP contribution >= 0.6 is 0 Å². The summed E-state index contributed by atoms with van der Waals surface area (Å²) in [6.45, 7) is 4.75. The molecule has 1 aromatic heterocycles. The van der Waals surface area contributed by atoms with Crippen LogP contribution in [0.25, 0.3) is 0 Å². The Bertz CT molecular complexity index is 642. The van der Waals surface area contributed by atoms with Crippen molar-refractivity contribution < 1.29 is 61.7 Å². The Balaban J connectivity index is 0. The third-order valence-electron chi connectivity index (χ3n) is 2.83. The van der Waals surface area contributed by atoms with Crippen molar-refractivity contribution in [1.29, 1.82) is 0 Å². The number of aliphatic carboxylic acids is 2. The van der Waals surface area contributed by atoms with E-state index < -0.39 is 24.3 Å². The Labute approximate surface area is 167 Å². The van der Waals surface area contributed by atoms with Gasteiger partial charge in [-0.05, 0) is 12.0 Å². The molecular weight excluding hydrogens is 428 g/mol. The number of aromatic amines is 1. The van der Waals surface area contributed by atoms with Crippen LogP contribution in [0, 0.1) is 5.92 Å². The largest absolute Gasteiger partial charge is 0.542 e. The van der Waals surface area contributed by atoms with Crippen LogP contribution in [0.1, 0.15) is 25.8 Å². The number of carbonyl (C=O) groups is 3. The lowest BCUT2D eigenvalue weighted by molar-refractivity contribution is -0.406. The highest BCUT2D eigenvalue weighted by atomic mass is 19.4. The molecule has 0 aliphatic rings. The molecule has 0 saturated carbocycles. The van der Waals surface area contributed by atoms with Crippen molar-refractivity contribution in [1.82, 2.24) is 5.32 Å². The summed E-state index contributed by atoms with van der Waals surface area (Å²) >= 11 is 0. The number of pyridine rings is 1. The molecule has 8 nitrogen and oxygen atoms in total. The summed E-state index contributed by atoms with van der Waals surface area (Å²) in [6, 6.07) is 3.72. The van der Waals surface area contributed by atoms with Gasteiger partial charge in [0.05, 0.1) is 0 Å². The summed E-state index contributed by atoms with van der Waals surface area (Å²) in [5, 5.41) is 20.5. The van der Waals surface area contributed by atoms with E-state index in [0.29, 0.717) is 12.5 Å². The lowest BCUT2D eigenvalue weighted by Gasteiger charge is -2.10. The van der Waals surface area contributed by atoms with Gasteiger partial charge in [-0.25, -0.2) is 4.98 Å². The summed E-state index contributed by atoms with van der Waals surface area (Å²) in [5.74, 6) is -5.49. The van der Waals surface area contributed by atoms with Crippen molar-refractivity contribution in [2.75, 3.05) is 0 Å². The van der Waals surface area contributed by atoms with Crippen LogP contribution in [0.2, 0.25) is 0 Å². The number of hydrogen-bond acceptors (Lipinski definition) is 5. The fourth-order valence-electron chi connectivity index (χ4n) is 1.55. The van der Waals surface area contributed by atoms with Gasteiger partial charge in [0.25, 0.3) is 5.91 Å². The van der Waals surface area contributed by atoms with Crippen LogP contribution in [0.3, 0.4) is 0 Å². The first-order valence-electron chi connectivity index (χ1n) is 8.10. The van der Waals surface area contributed by atoms with Gasteiger partial charge in [-0.2, -0.15) is 26.3 Å². The average Bonchev–Trinajstić information content (AvgIpc) is 2.59. The van der Waals surface area contributed by atoms with Crippen LogP contribution in [0.4, 0.5) is 26.3 Å². The van der Waals surface area contributed by atoms with Crippen LogP contribution in [0.5, 0.6) is 0 Å². The number of hydrogen-bond donors (Lipinski definition) is 2. The van der Waals surface area contributed by atoms with Crippen molar-refractivity contribution in [3.63, 3.8) is 0 Å². The fourth-order valence-corrected chi connectivity index (χ4v) is 1.55. The van der Waals surface area contributed by atoms with Gasteiger partial charge in [0, 0.05) is 24.6 Å². The molecule has 1 amide bonds. The molecule has 0 aliphatic carbocycles. The smallest absolute Gasteiger partial charge is 0.430 e. The minimum absolute atomic E-state index is 0.0255. The van der Waals surface area contributed by atoms with Gasteiger partial charge < -0.3 is 30.9 Å². The van der Waals surface area contributed by atoms with Gasteiger partial charge in [0.2, 0.25) is 0 Å². The second kappa shape index (κ2) is 13.3. The van der Waals surface area contributed by atoms with Crippen LogP contribution in [-0.2, 0) is 20.9 Å². The Morgan fingerprint density at radius 2 is 1.50 bits per heavy atom. The maximum atomic E-state index is 11.7. The molecule has 1 rings (SSSR count). The van der Waals surface area contributed by atoms with Gasteiger partial charge in [-0.1, -0.05) is 13.8 Å². The van der Waals surface area contributed by atoms with E-state index in [0.717, 1.165) is 12.0 Å².